The molecule has 0 bridgehead atoms. The summed E-state index contributed by atoms with van der Waals surface area (Å²) < 4.78 is 4.26. The molecule has 9 rings (SSSR count). The number of fused-ring (bicyclic) bond motifs is 2. The van der Waals surface area contributed by atoms with E-state index in [9.17, 15) is 0 Å². The van der Waals surface area contributed by atoms with Gasteiger partial charge in [-0.15, -0.1) is 35.9 Å². The first-order valence-corrected chi connectivity index (χ1v) is 15.9. The van der Waals surface area contributed by atoms with Crippen molar-refractivity contribution in [3.8, 4) is 34.0 Å². The predicted octanol–water partition coefficient (Wildman–Crippen LogP) is 10.6. The molecule has 0 saturated heterocycles. The van der Waals surface area contributed by atoms with Crippen LogP contribution in [0.3, 0.4) is 0 Å². The first-order valence-electron chi connectivity index (χ1n) is 15.9. The van der Waals surface area contributed by atoms with Crippen LogP contribution in [0.4, 0.5) is 34.1 Å². The third-order valence-corrected chi connectivity index (χ3v) is 8.66. The molecule has 6 heteroatoms. The summed E-state index contributed by atoms with van der Waals surface area (Å²) in [6.45, 7) is 0. The quantitative estimate of drug-likeness (QED) is 0.157. The van der Waals surface area contributed by atoms with Crippen LogP contribution in [0.2, 0.25) is 0 Å². The van der Waals surface area contributed by atoms with Crippen molar-refractivity contribution in [3.63, 3.8) is 0 Å². The Kier molecular flexibility index (Phi) is 8.04. The average molecular weight is 810 g/mol. The van der Waals surface area contributed by atoms with Gasteiger partial charge in [0, 0.05) is 50.5 Å². The van der Waals surface area contributed by atoms with Gasteiger partial charge in [-0.2, -0.15) is 23.9 Å². The molecule has 0 aliphatic carbocycles. The van der Waals surface area contributed by atoms with Crippen molar-refractivity contribution in [1.29, 1.82) is 0 Å². The summed E-state index contributed by atoms with van der Waals surface area (Å²) in [5.74, 6) is 0.826. The van der Waals surface area contributed by atoms with E-state index in [0.29, 0.717) is 0 Å². The minimum absolute atomic E-state index is 0. The zero-order valence-electron chi connectivity index (χ0n) is 26.2. The number of anilines is 6. The van der Waals surface area contributed by atoms with E-state index >= 15 is 0 Å². The minimum Gasteiger partial charge on any atom is -0.434 e. The molecule has 49 heavy (non-hydrogen) atoms. The fourth-order valence-electron chi connectivity index (χ4n) is 6.52. The number of hydrogen-bond donors (Lipinski definition) is 0. The van der Waals surface area contributed by atoms with Gasteiger partial charge in [0.15, 0.2) is 0 Å². The third kappa shape index (κ3) is 5.39. The Morgan fingerprint density at radius 1 is 0.469 bits per heavy atom. The Bertz CT molecular complexity index is 2360. The molecule has 2 aromatic heterocycles. The standard InChI is InChI=1S/C43H28N5.Pt/c1-4-15-34(16-5-1)45-28-13-24-38(45)32-25-26-41-42(31-32)48(40-23-11-10-22-39(40)47(41)36-19-8-3-9-20-36)37-21-12-14-33(30-37)43-44-27-29-46(43)35-17-6-2-7-18-35;/h1-23,25-29H;/q-3;. The van der Waals surface area contributed by atoms with Gasteiger partial charge in [-0.1, -0.05) is 72.9 Å². The second-order valence-electron chi connectivity index (χ2n) is 11.5. The Labute approximate surface area is 300 Å². The van der Waals surface area contributed by atoms with Crippen molar-refractivity contribution < 1.29 is 21.1 Å². The van der Waals surface area contributed by atoms with E-state index in [0.717, 1.165) is 68.1 Å². The number of aromatic nitrogens is 3. The second kappa shape index (κ2) is 13.0. The summed E-state index contributed by atoms with van der Waals surface area (Å²) >= 11 is 0. The van der Waals surface area contributed by atoms with Gasteiger partial charge in [-0.25, -0.2) is 11.6 Å². The molecule has 1 aliphatic rings. The smallest absolute Gasteiger partial charge is 0.0666 e. The molecule has 0 saturated carbocycles. The first kappa shape index (κ1) is 30.4. The molecule has 3 heterocycles. The molecule has 0 spiro atoms. The second-order valence-corrected chi connectivity index (χ2v) is 11.5. The molecule has 6 aromatic carbocycles. The van der Waals surface area contributed by atoms with Crippen LogP contribution in [0.1, 0.15) is 0 Å². The van der Waals surface area contributed by atoms with Crippen molar-refractivity contribution >= 4 is 34.1 Å². The summed E-state index contributed by atoms with van der Waals surface area (Å²) in [6.07, 6.45) is 5.88. The molecule has 0 unspecified atom stereocenters. The van der Waals surface area contributed by atoms with Crippen LogP contribution in [-0.4, -0.2) is 14.1 Å². The Balaban J connectivity index is 0.00000348. The van der Waals surface area contributed by atoms with Crippen molar-refractivity contribution in [2.45, 2.75) is 0 Å². The molecule has 0 radical (unpaired) electrons. The number of para-hydroxylation sites is 5. The van der Waals surface area contributed by atoms with Crippen LogP contribution in [-0.2, 0) is 21.1 Å². The number of hydrogen-bond acceptors (Lipinski definition) is 3. The number of benzene rings is 6. The molecule has 0 atom stereocenters. The van der Waals surface area contributed by atoms with Crippen molar-refractivity contribution in [1.82, 2.24) is 14.1 Å². The monoisotopic (exact) mass is 809 g/mol. The van der Waals surface area contributed by atoms with Crippen LogP contribution >= 0.6 is 0 Å². The Morgan fingerprint density at radius 2 is 1.10 bits per heavy atom. The van der Waals surface area contributed by atoms with Gasteiger partial charge in [0.1, 0.15) is 0 Å². The minimum atomic E-state index is 0. The van der Waals surface area contributed by atoms with Crippen LogP contribution < -0.4 is 9.80 Å². The zero-order valence-corrected chi connectivity index (χ0v) is 28.5. The van der Waals surface area contributed by atoms with E-state index in [2.05, 4.69) is 158 Å². The molecular formula is C43H28N5Pt-3. The van der Waals surface area contributed by atoms with Crippen molar-refractivity contribution in [2.24, 2.45) is 0 Å². The summed E-state index contributed by atoms with van der Waals surface area (Å²) in [7, 11) is 0. The summed E-state index contributed by atoms with van der Waals surface area (Å²) in [5.41, 5.74) is 10.9. The fourth-order valence-corrected chi connectivity index (χ4v) is 6.52. The van der Waals surface area contributed by atoms with E-state index in [1.54, 1.807) is 0 Å². The van der Waals surface area contributed by atoms with E-state index in [1.165, 1.54) is 0 Å². The van der Waals surface area contributed by atoms with E-state index in [-0.39, 0.29) is 21.1 Å². The largest absolute Gasteiger partial charge is 0.434 e. The Hall–Kier alpha value is -5.90. The molecule has 0 amide bonds. The summed E-state index contributed by atoms with van der Waals surface area (Å²) in [6, 6.07) is 63.3. The molecule has 0 N–H and O–H groups in total. The number of nitrogens with zero attached hydrogens (tertiary/aromatic N) is 5. The molecule has 1 aliphatic heterocycles. The molecule has 238 valence electrons. The SMILES string of the molecule is [Pt].[c-]1c(-c2nccn2-c2ccccc2)cccc1N1c2[c-]c(-c3[c-]ccn3-c3ccccc3)ccc2N(c2ccccc2)c2ccccc21. The van der Waals surface area contributed by atoms with Gasteiger partial charge in [0.25, 0.3) is 0 Å². The number of imidazole rings is 1. The van der Waals surface area contributed by atoms with Gasteiger partial charge in [0.05, 0.1) is 17.2 Å². The average Bonchev–Trinajstić information content (AvgIpc) is 3.86. The van der Waals surface area contributed by atoms with Gasteiger partial charge in [0.2, 0.25) is 0 Å². The normalized spacial score (nSPS) is 11.8. The maximum Gasteiger partial charge on any atom is 0.0666 e. The maximum absolute atomic E-state index is 4.77. The van der Waals surface area contributed by atoms with E-state index in [1.807, 2.05) is 48.9 Å². The van der Waals surface area contributed by atoms with Gasteiger partial charge >= 0.3 is 0 Å². The predicted molar refractivity (Wildman–Crippen MR) is 193 cm³/mol. The number of rotatable bonds is 6. The van der Waals surface area contributed by atoms with Gasteiger partial charge < -0.3 is 18.9 Å². The first-order chi connectivity index (χ1) is 23.8. The van der Waals surface area contributed by atoms with E-state index in [4.69, 9.17) is 4.98 Å². The van der Waals surface area contributed by atoms with Gasteiger partial charge in [-0.3, -0.25) is 4.98 Å². The van der Waals surface area contributed by atoms with E-state index < -0.39 is 0 Å². The van der Waals surface area contributed by atoms with Crippen LogP contribution in [0.15, 0.2) is 170 Å². The fraction of sp³-hybridized carbons (Fsp3) is 0. The molecule has 8 aromatic rings. The summed E-state index contributed by atoms with van der Waals surface area (Å²) in [5, 5.41) is 0. The van der Waals surface area contributed by atoms with Crippen molar-refractivity contribution in [3.05, 3.63) is 188 Å². The van der Waals surface area contributed by atoms with Gasteiger partial charge in [-0.05, 0) is 65.6 Å². The topological polar surface area (TPSA) is 29.2 Å². The van der Waals surface area contributed by atoms with Crippen molar-refractivity contribution in [2.75, 3.05) is 9.80 Å². The third-order valence-electron chi connectivity index (χ3n) is 8.66. The zero-order chi connectivity index (χ0) is 31.9. The molecular weight excluding hydrogens is 782 g/mol. The molecule has 5 nitrogen and oxygen atoms in total. The summed E-state index contributed by atoms with van der Waals surface area (Å²) in [4.78, 5) is 9.35. The van der Waals surface area contributed by atoms with Crippen LogP contribution in [0, 0.1) is 18.2 Å². The molecule has 0 fully saturated rings. The van der Waals surface area contributed by atoms with Crippen LogP contribution in [0.5, 0.6) is 0 Å². The Morgan fingerprint density at radius 3 is 1.82 bits per heavy atom. The maximum atomic E-state index is 4.77. The van der Waals surface area contributed by atoms with Crippen LogP contribution in [0.25, 0.3) is 34.0 Å².